The Labute approximate surface area is 254 Å². The van der Waals surface area contributed by atoms with E-state index in [0.29, 0.717) is 5.75 Å². The number of sulfonamides is 1. The number of carbonyl (C=O) groups is 2. The number of methoxy groups -OCH3 is 1. The molecule has 2 amide bonds. The van der Waals surface area contributed by atoms with Crippen molar-refractivity contribution in [3.63, 3.8) is 0 Å². The molecule has 0 aliphatic heterocycles. The van der Waals surface area contributed by atoms with E-state index in [0.717, 1.165) is 16.9 Å². The number of anilines is 1. The van der Waals surface area contributed by atoms with Gasteiger partial charge in [0, 0.05) is 36.0 Å². The average Bonchev–Trinajstić information content (AvgIpc) is 3.70. The highest BCUT2D eigenvalue weighted by Gasteiger charge is 2.50. The van der Waals surface area contributed by atoms with Gasteiger partial charge in [0.25, 0.3) is 21.8 Å². The van der Waals surface area contributed by atoms with Gasteiger partial charge in [0.2, 0.25) is 0 Å². The van der Waals surface area contributed by atoms with Gasteiger partial charge in [-0.2, -0.15) is 10.4 Å². The molecule has 0 aliphatic rings. The Morgan fingerprint density at radius 1 is 1.12 bits per heavy atom. The number of aromatic nitrogens is 3. The van der Waals surface area contributed by atoms with E-state index < -0.39 is 27.4 Å². The van der Waals surface area contributed by atoms with Gasteiger partial charge < -0.3 is 4.74 Å². The van der Waals surface area contributed by atoms with Gasteiger partial charge in [0.1, 0.15) is 5.75 Å². The number of benzene rings is 2. The lowest BCUT2D eigenvalue weighted by Gasteiger charge is -2.40. The fourth-order valence-electron chi connectivity index (χ4n) is 4.71. The smallest absolute Gasteiger partial charge is 0.264 e. The maximum absolute atomic E-state index is 14.5. The summed E-state index contributed by atoms with van der Waals surface area (Å²) < 4.78 is 36.0. The van der Waals surface area contributed by atoms with E-state index >= 15 is 0 Å². The molecule has 0 aliphatic carbocycles. The van der Waals surface area contributed by atoms with E-state index in [4.69, 9.17) is 4.74 Å². The summed E-state index contributed by atoms with van der Waals surface area (Å²) in [5.41, 5.74) is -1.19. The summed E-state index contributed by atoms with van der Waals surface area (Å²) in [6.45, 7) is 5.79. The maximum atomic E-state index is 14.5. The van der Waals surface area contributed by atoms with Gasteiger partial charge in [-0.05, 0) is 47.7 Å². The standard InChI is InChI=1S/C30H32N6O5S2/c1-29(2,3)24-13-12-22(20-25(24)41-4)26(37)36(28-32-17-19-42-28)30(14-8-15-31,21-35-18-9-16-33-35)27(38)34-43(39,40)23-10-6-5-7-11-23/h5-7,9-13,16-20H,8,14,21H2,1-4H3,(H,34,38). The fourth-order valence-corrected chi connectivity index (χ4v) is 6.51. The third-order valence-electron chi connectivity index (χ3n) is 6.83. The van der Waals surface area contributed by atoms with Gasteiger partial charge in [-0.25, -0.2) is 18.1 Å². The van der Waals surface area contributed by atoms with Crippen LogP contribution in [-0.4, -0.2) is 47.6 Å². The predicted octanol–water partition coefficient (Wildman–Crippen LogP) is 4.54. The van der Waals surface area contributed by atoms with Crippen LogP contribution in [0.2, 0.25) is 0 Å². The second kappa shape index (κ2) is 12.8. The van der Waals surface area contributed by atoms with E-state index in [1.54, 1.807) is 41.9 Å². The van der Waals surface area contributed by atoms with Gasteiger partial charge in [-0.15, -0.1) is 11.3 Å². The Morgan fingerprint density at radius 3 is 2.44 bits per heavy atom. The van der Waals surface area contributed by atoms with Crippen LogP contribution in [0.15, 0.2) is 83.5 Å². The van der Waals surface area contributed by atoms with Crippen LogP contribution in [0.25, 0.3) is 0 Å². The highest BCUT2D eigenvalue weighted by molar-refractivity contribution is 7.90. The van der Waals surface area contributed by atoms with Crippen molar-refractivity contribution in [3.8, 4) is 11.8 Å². The summed E-state index contributed by atoms with van der Waals surface area (Å²) >= 11 is 1.10. The zero-order valence-electron chi connectivity index (χ0n) is 24.2. The molecule has 4 rings (SSSR count). The molecule has 0 radical (unpaired) electrons. The molecular formula is C30H32N6O5S2. The number of ether oxygens (including phenoxy) is 1. The van der Waals surface area contributed by atoms with E-state index in [1.807, 2.05) is 26.8 Å². The summed E-state index contributed by atoms with van der Waals surface area (Å²) in [5.74, 6) is -1.17. The highest BCUT2D eigenvalue weighted by atomic mass is 32.2. The number of nitrogens with zero attached hydrogens (tertiary/aromatic N) is 5. The molecule has 0 spiro atoms. The van der Waals surface area contributed by atoms with Crippen molar-refractivity contribution in [1.29, 1.82) is 5.26 Å². The second-order valence-electron chi connectivity index (χ2n) is 10.8. The minimum absolute atomic E-state index is 0.133. The Kier molecular flexibility index (Phi) is 9.32. The highest BCUT2D eigenvalue weighted by Crippen LogP contribution is 2.37. The number of carbonyl (C=O) groups excluding carboxylic acids is 2. The molecule has 1 N–H and O–H groups in total. The van der Waals surface area contributed by atoms with Crippen LogP contribution >= 0.6 is 11.3 Å². The van der Waals surface area contributed by atoms with Gasteiger partial charge in [0.05, 0.1) is 24.6 Å². The van der Waals surface area contributed by atoms with Crippen LogP contribution in [0, 0.1) is 11.3 Å². The molecule has 0 saturated heterocycles. The number of hydrogen-bond donors (Lipinski definition) is 1. The zero-order chi connectivity index (χ0) is 31.3. The van der Waals surface area contributed by atoms with Crippen molar-refractivity contribution in [2.45, 2.75) is 56.0 Å². The largest absolute Gasteiger partial charge is 0.496 e. The Morgan fingerprint density at radius 2 is 1.86 bits per heavy atom. The fraction of sp³-hybridized carbons (Fsp3) is 0.300. The lowest BCUT2D eigenvalue weighted by atomic mass is 9.85. The van der Waals surface area contributed by atoms with Crippen molar-refractivity contribution in [1.82, 2.24) is 19.5 Å². The lowest BCUT2D eigenvalue weighted by Crippen LogP contribution is -2.64. The average molecular weight is 621 g/mol. The van der Waals surface area contributed by atoms with Crippen molar-refractivity contribution in [2.24, 2.45) is 0 Å². The Balaban J connectivity index is 1.93. The minimum Gasteiger partial charge on any atom is -0.496 e. The molecule has 0 saturated carbocycles. The molecule has 0 bridgehead atoms. The van der Waals surface area contributed by atoms with Crippen LogP contribution in [-0.2, 0) is 26.8 Å². The number of amides is 2. The van der Waals surface area contributed by atoms with Crippen LogP contribution < -0.4 is 14.4 Å². The van der Waals surface area contributed by atoms with E-state index in [2.05, 4.69) is 14.8 Å². The first-order valence-corrected chi connectivity index (χ1v) is 15.7. The SMILES string of the molecule is COc1cc(C(=O)N(c2nccs2)C(CCC#N)(Cn2cccn2)C(=O)NS(=O)(=O)c2ccccc2)ccc1C(C)(C)C. The monoisotopic (exact) mass is 620 g/mol. The molecule has 4 aromatic rings. The summed E-state index contributed by atoms with van der Waals surface area (Å²) in [7, 11) is -2.85. The van der Waals surface area contributed by atoms with Crippen molar-refractivity contribution in [2.75, 3.05) is 12.0 Å². The number of nitriles is 1. The predicted molar refractivity (Wildman–Crippen MR) is 162 cm³/mol. The van der Waals surface area contributed by atoms with E-state index in [9.17, 15) is 23.3 Å². The summed E-state index contributed by atoms with van der Waals surface area (Å²) in [4.78, 5) is 34.3. The van der Waals surface area contributed by atoms with Gasteiger partial charge in [0.15, 0.2) is 10.7 Å². The second-order valence-corrected chi connectivity index (χ2v) is 13.3. The molecule has 0 fully saturated rings. The molecule has 43 heavy (non-hydrogen) atoms. The lowest BCUT2D eigenvalue weighted by molar-refractivity contribution is -0.125. The van der Waals surface area contributed by atoms with Crippen molar-refractivity contribution >= 4 is 38.3 Å². The van der Waals surface area contributed by atoms with Crippen molar-refractivity contribution < 1.29 is 22.7 Å². The van der Waals surface area contributed by atoms with Crippen LogP contribution in [0.3, 0.4) is 0 Å². The number of thiazole rings is 1. The van der Waals surface area contributed by atoms with Crippen LogP contribution in [0.5, 0.6) is 5.75 Å². The third-order valence-corrected chi connectivity index (χ3v) is 8.94. The first-order valence-electron chi connectivity index (χ1n) is 13.3. The molecule has 2 aromatic heterocycles. The third kappa shape index (κ3) is 6.76. The topological polar surface area (TPSA) is 147 Å². The quantitative estimate of drug-likeness (QED) is 0.257. The first kappa shape index (κ1) is 31.4. The molecule has 2 aromatic carbocycles. The maximum Gasteiger partial charge on any atom is 0.264 e. The molecule has 11 nitrogen and oxygen atoms in total. The van der Waals surface area contributed by atoms with Gasteiger partial charge in [-0.3, -0.25) is 19.2 Å². The molecule has 1 unspecified atom stereocenters. The van der Waals surface area contributed by atoms with E-state index in [-0.39, 0.29) is 40.4 Å². The normalized spacial score (nSPS) is 13.0. The number of hydrogen-bond acceptors (Lipinski definition) is 9. The van der Waals surface area contributed by atoms with Crippen molar-refractivity contribution in [3.05, 3.63) is 89.7 Å². The molecule has 13 heteroatoms. The minimum atomic E-state index is -4.36. The first-order chi connectivity index (χ1) is 20.4. The van der Waals surface area contributed by atoms with Gasteiger partial charge in [-0.1, -0.05) is 45.0 Å². The zero-order valence-corrected chi connectivity index (χ0v) is 25.9. The summed E-state index contributed by atoms with van der Waals surface area (Å²) in [6.07, 6.45) is 4.17. The molecule has 2 heterocycles. The summed E-state index contributed by atoms with van der Waals surface area (Å²) in [5, 5.41) is 15.7. The van der Waals surface area contributed by atoms with Crippen LogP contribution in [0.4, 0.5) is 5.13 Å². The molecular weight excluding hydrogens is 589 g/mol. The van der Waals surface area contributed by atoms with Gasteiger partial charge >= 0.3 is 0 Å². The summed E-state index contributed by atoms with van der Waals surface area (Å²) in [6, 6.07) is 16.1. The Bertz CT molecular complexity index is 1710. The number of rotatable bonds is 11. The Hall–Kier alpha value is -4.54. The molecule has 1 atom stereocenters. The molecule has 224 valence electrons. The number of nitrogens with one attached hydrogen (secondary N) is 1. The van der Waals surface area contributed by atoms with E-state index in [1.165, 1.54) is 53.4 Å². The van der Waals surface area contributed by atoms with Crippen LogP contribution in [0.1, 0.15) is 49.5 Å².